The van der Waals surface area contributed by atoms with Crippen molar-refractivity contribution in [3.8, 4) is 11.1 Å². The highest BCUT2D eigenvalue weighted by Gasteiger charge is 2.48. The van der Waals surface area contributed by atoms with Crippen molar-refractivity contribution in [1.82, 2.24) is 0 Å². The Bertz CT molecular complexity index is 1230. The van der Waals surface area contributed by atoms with Gasteiger partial charge in [-0.3, -0.25) is 0 Å². The Morgan fingerprint density at radius 2 is 1.47 bits per heavy atom. The van der Waals surface area contributed by atoms with Gasteiger partial charge in [0.2, 0.25) is 0 Å². The molecule has 0 nitrogen and oxygen atoms in total. The Labute approximate surface area is 208 Å². The first-order valence-corrected chi connectivity index (χ1v) is 13.3. The summed E-state index contributed by atoms with van der Waals surface area (Å²) in [6.07, 6.45) is 8.73. The van der Waals surface area contributed by atoms with Crippen LogP contribution in [0.4, 0.5) is 0 Å². The summed E-state index contributed by atoms with van der Waals surface area (Å²) in [6, 6.07) is 12.2. The van der Waals surface area contributed by atoms with Crippen molar-refractivity contribution in [2.24, 2.45) is 11.3 Å². The number of allylic oxidation sites excluding steroid dienone is 4. The Morgan fingerprint density at radius 1 is 0.794 bits per heavy atom. The zero-order valence-electron chi connectivity index (χ0n) is 23.2. The van der Waals surface area contributed by atoms with Gasteiger partial charge >= 0.3 is 0 Å². The Morgan fingerprint density at radius 3 is 2.09 bits per heavy atom. The molecule has 3 aliphatic rings. The van der Waals surface area contributed by atoms with Crippen LogP contribution in [0.2, 0.25) is 0 Å². The van der Waals surface area contributed by atoms with Gasteiger partial charge in [0.1, 0.15) is 0 Å². The lowest BCUT2D eigenvalue weighted by atomic mass is 9.66. The smallest absolute Gasteiger partial charge is 0.00807 e. The molecule has 2 atom stereocenters. The number of rotatable bonds is 1. The largest absolute Gasteiger partial charge is 0.0727 e. The van der Waals surface area contributed by atoms with Crippen LogP contribution in [-0.2, 0) is 22.7 Å². The van der Waals surface area contributed by atoms with Gasteiger partial charge in [0, 0.05) is 11.3 Å². The van der Waals surface area contributed by atoms with Gasteiger partial charge in [-0.1, -0.05) is 117 Å². The van der Waals surface area contributed by atoms with Crippen molar-refractivity contribution >= 4 is 0 Å². The molecule has 0 bridgehead atoms. The van der Waals surface area contributed by atoms with E-state index in [1.54, 1.807) is 22.3 Å². The lowest BCUT2D eigenvalue weighted by Gasteiger charge is -2.38. The molecular formula is C34H44. The second kappa shape index (κ2) is 7.22. The maximum atomic E-state index is 2.63. The van der Waals surface area contributed by atoms with Crippen molar-refractivity contribution < 1.29 is 0 Å². The van der Waals surface area contributed by atoms with E-state index in [0.29, 0.717) is 5.92 Å². The minimum Gasteiger partial charge on any atom is -0.0727 e. The highest BCUT2D eigenvalue weighted by Crippen LogP contribution is 2.58. The predicted octanol–water partition coefficient (Wildman–Crippen LogP) is 9.43. The summed E-state index contributed by atoms with van der Waals surface area (Å²) in [5.41, 5.74) is 14.6. The first kappa shape index (κ1) is 23.7. The van der Waals surface area contributed by atoms with Crippen molar-refractivity contribution in [2.45, 2.75) is 105 Å². The summed E-state index contributed by atoms with van der Waals surface area (Å²) in [7, 11) is 0. The molecule has 0 aliphatic heterocycles. The summed E-state index contributed by atoms with van der Waals surface area (Å²) >= 11 is 0. The zero-order valence-corrected chi connectivity index (χ0v) is 23.2. The molecule has 0 aromatic heterocycles. The van der Waals surface area contributed by atoms with Gasteiger partial charge in [-0.2, -0.15) is 0 Å². The molecule has 5 rings (SSSR count). The van der Waals surface area contributed by atoms with Gasteiger partial charge in [0.15, 0.2) is 0 Å². The number of hydrogen-bond acceptors (Lipinski definition) is 0. The van der Waals surface area contributed by atoms with Crippen molar-refractivity contribution in [1.29, 1.82) is 0 Å². The molecule has 0 amide bonds. The van der Waals surface area contributed by atoms with Gasteiger partial charge in [-0.15, -0.1) is 0 Å². The molecule has 2 aromatic rings. The predicted molar refractivity (Wildman–Crippen MR) is 148 cm³/mol. The van der Waals surface area contributed by atoms with E-state index in [1.807, 2.05) is 0 Å². The fourth-order valence-corrected chi connectivity index (χ4v) is 6.77. The molecule has 2 unspecified atom stereocenters. The summed E-state index contributed by atoms with van der Waals surface area (Å²) in [5.74, 6) is 0.531. The number of hydrogen-bond donors (Lipinski definition) is 0. The number of benzene rings is 2. The van der Waals surface area contributed by atoms with E-state index < -0.39 is 0 Å². The van der Waals surface area contributed by atoms with E-state index in [-0.39, 0.29) is 21.7 Å². The lowest BCUT2D eigenvalue weighted by Crippen LogP contribution is -2.31. The highest BCUT2D eigenvalue weighted by molar-refractivity contribution is 5.80. The third-order valence-electron chi connectivity index (χ3n) is 8.89. The highest BCUT2D eigenvalue weighted by atomic mass is 14.5. The SMILES string of the molecule is CC(C)(C)C1=CC2C(=C1)CCC2(C)c1c(C(C)(C)C)ccc2c1Cc1cc(C(C)(C)C)ccc1-2. The van der Waals surface area contributed by atoms with E-state index in [2.05, 4.69) is 112 Å². The van der Waals surface area contributed by atoms with Crippen molar-refractivity contribution in [3.05, 3.63) is 81.4 Å². The fraction of sp³-hybridized carbons (Fsp3) is 0.529. The molecule has 1 saturated carbocycles. The lowest BCUT2D eigenvalue weighted by molar-refractivity contribution is 0.408. The van der Waals surface area contributed by atoms with Crippen LogP contribution in [0.15, 0.2) is 53.6 Å². The molecule has 1 fully saturated rings. The average Bonchev–Trinajstić information content (AvgIpc) is 3.38. The molecule has 0 spiro atoms. The summed E-state index contributed by atoms with van der Waals surface area (Å²) < 4.78 is 0. The first-order chi connectivity index (χ1) is 15.6. The quantitative estimate of drug-likeness (QED) is 0.345. The average molecular weight is 453 g/mol. The van der Waals surface area contributed by atoms with Crippen LogP contribution in [0.5, 0.6) is 0 Å². The molecule has 0 N–H and O–H groups in total. The Balaban J connectivity index is 1.70. The van der Waals surface area contributed by atoms with E-state index in [0.717, 1.165) is 6.42 Å². The molecule has 0 radical (unpaired) electrons. The molecule has 3 aliphatic carbocycles. The van der Waals surface area contributed by atoms with Crippen LogP contribution >= 0.6 is 0 Å². The topological polar surface area (TPSA) is 0 Å². The maximum Gasteiger partial charge on any atom is 0.00807 e. The minimum absolute atomic E-state index is 0.125. The zero-order chi connectivity index (χ0) is 24.8. The minimum atomic E-state index is 0.125. The molecule has 0 heteroatoms. The number of fused-ring (bicyclic) bond motifs is 4. The van der Waals surface area contributed by atoms with Crippen molar-refractivity contribution in [2.75, 3.05) is 0 Å². The van der Waals surface area contributed by atoms with Gasteiger partial charge in [0.25, 0.3) is 0 Å². The van der Waals surface area contributed by atoms with Gasteiger partial charge in [-0.05, 0) is 80.0 Å². The van der Waals surface area contributed by atoms with Gasteiger partial charge in [0.05, 0.1) is 0 Å². The van der Waals surface area contributed by atoms with E-state index in [4.69, 9.17) is 0 Å². The van der Waals surface area contributed by atoms with Gasteiger partial charge in [-0.25, -0.2) is 0 Å². The first-order valence-electron chi connectivity index (χ1n) is 13.3. The van der Waals surface area contributed by atoms with E-state index >= 15 is 0 Å². The standard InChI is InChI=1S/C34H44/c1-31(2,3)23-11-12-25-22(18-23)19-27-26(25)13-14-28(33(7,8)9)30(27)34(10)16-15-21-17-24(20-29(21)34)32(4,5)6/h11-14,17-18,20,29H,15-16,19H2,1-10H3. The molecule has 34 heavy (non-hydrogen) atoms. The van der Waals surface area contributed by atoms with E-state index in [9.17, 15) is 0 Å². The third-order valence-corrected chi connectivity index (χ3v) is 8.89. The van der Waals surface area contributed by atoms with Crippen LogP contribution in [0, 0.1) is 11.3 Å². The monoisotopic (exact) mass is 452 g/mol. The third kappa shape index (κ3) is 3.55. The second-order valence-corrected chi connectivity index (χ2v) is 14.5. The Kier molecular flexibility index (Phi) is 5.02. The Hall–Kier alpha value is -2.08. The van der Waals surface area contributed by atoms with Crippen LogP contribution in [0.3, 0.4) is 0 Å². The normalized spacial score (nSPS) is 24.0. The summed E-state index contributed by atoms with van der Waals surface area (Å²) in [6.45, 7) is 23.8. The van der Waals surface area contributed by atoms with Crippen LogP contribution in [0.25, 0.3) is 11.1 Å². The second-order valence-electron chi connectivity index (χ2n) is 14.5. The molecule has 2 aromatic carbocycles. The summed E-state index contributed by atoms with van der Waals surface area (Å²) in [4.78, 5) is 0. The van der Waals surface area contributed by atoms with Crippen LogP contribution in [0.1, 0.15) is 110 Å². The molecule has 0 saturated heterocycles. The van der Waals surface area contributed by atoms with Crippen molar-refractivity contribution in [3.63, 3.8) is 0 Å². The summed E-state index contributed by atoms with van der Waals surface area (Å²) in [5, 5.41) is 0. The van der Waals surface area contributed by atoms with Crippen LogP contribution in [-0.4, -0.2) is 0 Å². The van der Waals surface area contributed by atoms with Crippen LogP contribution < -0.4 is 0 Å². The molecule has 180 valence electrons. The van der Waals surface area contributed by atoms with Gasteiger partial charge < -0.3 is 0 Å². The fourth-order valence-electron chi connectivity index (χ4n) is 6.77. The molecular weight excluding hydrogens is 408 g/mol. The van der Waals surface area contributed by atoms with E-state index in [1.165, 1.54) is 40.7 Å². The maximum absolute atomic E-state index is 2.63. The molecule has 0 heterocycles.